The number of amides is 1. The van der Waals surface area contributed by atoms with Crippen LogP contribution < -0.4 is 4.90 Å². The molecule has 152 valence electrons. The van der Waals surface area contributed by atoms with E-state index in [0.29, 0.717) is 12.5 Å². The van der Waals surface area contributed by atoms with Gasteiger partial charge in [-0.1, -0.05) is 43.7 Å². The summed E-state index contributed by atoms with van der Waals surface area (Å²) in [6.07, 6.45) is 6.54. The molecule has 5 rings (SSSR count). The Kier molecular flexibility index (Phi) is 4.98. The molecule has 1 aromatic carbocycles. The van der Waals surface area contributed by atoms with E-state index in [0.717, 1.165) is 67.7 Å². The number of carbonyl (C=O) groups is 1. The van der Waals surface area contributed by atoms with E-state index in [1.807, 2.05) is 18.2 Å². The summed E-state index contributed by atoms with van der Waals surface area (Å²) in [5, 5.41) is 0. The van der Waals surface area contributed by atoms with Crippen LogP contribution in [0.15, 0.2) is 30.3 Å². The molecule has 0 bridgehead atoms. The van der Waals surface area contributed by atoms with Crippen LogP contribution in [0.4, 0.5) is 5.82 Å². The van der Waals surface area contributed by atoms with Gasteiger partial charge in [-0.15, -0.1) is 0 Å². The van der Waals surface area contributed by atoms with Crippen molar-refractivity contribution in [3.63, 3.8) is 0 Å². The fraction of sp³-hybridized carbons (Fsp3) is 0.542. The Bertz CT molecular complexity index is 885. The molecule has 0 atom stereocenters. The maximum atomic E-state index is 12.9. The zero-order valence-electron chi connectivity index (χ0n) is 17.3. The molecular formula is C24H30N4O. The van der Waals surface area contributed by atoms with E-state index in [1.165, 1.54) is 24.8 Å². The fourth-order valence-electron chi connectivity index (χ4n) is 4.70. The molecule has 2 fully saturated rings. The van der Waals surface area contributed by atoms with Crippen molar-refractivity contribution >= 4 is 11.7 Å². The standard InChI is InChI=1S/C24H30N4O/c1-17-10-13-27(14-11-17)23-20-16-28(24(29)19-8-5-9-19)15-12-21(20)25-22(26-23)18-6-3-2-4-7-18/h2-4,6-7,17,19H,5,8-16H2,1H3. The summed E-state index contributed by atoms with van der Waals surface area (Å²) in [5.41, 5.74) is 3.37. The van der Waals surface area contributed by atoms with Crippen LogP contribution in [0.25, 0.3) is 11.4 Å². The van der Waals surface area contributed by atoms with Gasteiger partial charge in [0.2, 0.25) is 5.91 Å². The molecule has 5 heteroatoms. The summed E-state index contributed by atoms with van der Waals surface area (Å²) in [6.45, 7) is 5.86. The summed E-state index contributed by atoms with van der Waals surface area (Å²) in [6, 6.07) is 10.3. The highest BCUT2D eigenvalue weighted by Crippen LogP contribution is 2.34. The van der Waals surface area contributed by atoms with Gasteiger partial charge in [-0.3, -0.25) is 4.79 Å². The number of piperidine rings is 1. The van der Waals surface area contributed by atoms with Gasteiger partial charge < -0.3 is 9.80 Å². The Labute approximate surface area is 173 Å². The van der Waals surface area contributed by atoms with Gasteiger partial charge in [0.25, 0.3) is 0 Å². The third kappa shape index (κ3) is 3.63. The molecule has 29 heavy (non-hydrogen) atoms. The quantitative estimate of drug-likeness (QED) is 0.793. The topological polar surface area (TPSA) is 49.3 Å². The second kappa shape index (κ2) is 7.77. The number of anilines is 1. The van der Waals surface area contributed by atoms with Crippen LogP contribution in [0.1, 0.15) is 50.3 Å². The Hall–Kier alpha value is -2.43. The van der Waals surface area contributed by atoms with Crippen molar-refractivity contribution in [2.45, 2.75) is 52.0 Å². The van der Waals surface area contributed by atoms with Crippen molar-refractivity contribution in [3.8, 4) is 11.4 Å². The average molecular weight is 391 g/mol. The predicted molar refractivity (Wildman–Crippen MR) is 115 cm³/mol. The molecule has 0 radical (unpaired) electrons. The molecule has 5 nitrogen and oxygen atoms in total. The first kappa shape index (κ1) is 18.6. The molecule has 1 amide bonds. The van der Waals surface area contributed by atoms with Gasteiger partial charge in [0.15, 0.2) is 5.82 Å². The maximum absolute atomic E-state index is 12.9. The maximum Gasteiger partial charge on any atom is 0.225 e. The van der Waals surface area contributed by atoms with E-state index in [2.05, 4.69) is 28.9 Å². The van der Waals surface area contributed by atoms with E-state index in [9.17, 15) is 4.79 Å². The van der Waals surface area contributed by atoms with E-state index in [1.54, 1.807) is 0 Å². The van der Waals surface area contributed by atoms with Crippen molar-refractivity contribution in [1.82, 2.24) is 14.9 Å². The van der Waals surface area contributed by atoms with Crippen LogP contribution in [-0.4, -0.2) is 40.4 Å². The molecule has 2 aliphatic heterocycles. The minimum atomic E-state index is 0.250. The van der Waals surface area contributed by atoms with Crippen LogP contribution in [0, 0.1) is 11.8 Å². The Morgan fingerprint density at radius 2 is 1.76 bits per heavy atom. The highest BCUT2D eigenvalue weighted by molar-refractivity contribution is 5.80. The van der Waals surface area contributed by atoms with Gasteiger partial charge in [0, 0.05) is 43.1 Å². The van der Waals surface area contributed by atoms with Crippen molar-refractivity contribution in [1.29, 1.82) is 0 Å². The fourth-order valence-corrected chi connectivity index (χ4v) is 4.70. The highest BCUT2D eigenvalue weighted by Gasteiger charge is 2.34. The largest absolute Gasteiger partial charge is 0.356 e. The van der Waals surface area contributed by atoms with E-state index < -0.39 is 0 Å². The summed E-state index contributed by atoms with van der Waals surface area (Å²) in [5.74, 6) is 3.24. The normalized spacial score (nSPS) is 20.3. The third-order valence-electron chi connectivity index (χ3n) is 6.92. The molecule has 3 heterocycles. The smallest absolute Gasteiger partial charge is 0.225 e. The molecule has 1 aromatic heterocycles. The minimum absolute atomic E-state index is 0.250. The van der Waals surface area contributed by atoms with Crippen molar-refractivity contribution < 1.29 is 4.79 Å². The monoisotopic (exact) mass is 390 g/mol. The van der Waals surface area contributed by atoms with Crippen LogP contribution in [-0.2, 0) is 17.8 Å². The summed E-state index contributed by atoms with van der Waals surface area (Å²) in [7, 11) is 0. The van der Waals surface area contributed by atoms with Gasteiger partial charge in [0.05, 0.1) is 12.2 Å². The number of fused-ring (bicyclic) bond motifs is 1. The molecule has 0 spiro atoms. The molecule has 1 aliphatic carbocycles. The van der Waals surface area contributed by atoms with Crippen molar-refractivity contribution in [2.75, 3.05) is 24.5 Å². The molecule has 3 aliphatic rings. The van der Waals surface area contributed by atoms with E-state index in [-0.39, 0.29) is 5.92 Å². The lowest BCUT2D eigenvalue weighted by molar-refractivity contribution is -0.139. The Morgan fingerprint density at radius 1 is 1.00 bits per heavy atom. The van der Waals surface area contributed by atoms with Crippen LogP contribution in [0.2, 0.25) is 0 Å². The summed E-state index contributed by atoms with van der Waals surface area (Å²) in [4.78, 5) is 27.4. The Balaban J connectivity index is 1.51. The summed E-state index contributed by atoms with van der Waals surface area (Å²) < 4.78 is 0. The number of hydrogen-bond donors (Lipinski definition) is 0. The van der Waals surface area contributed by atoms with E-state index >= 15 is 0 Å². The number of rotatable bonds is 3. The van der Waals surface area contributed by atoms with Crippen LogP contribution >= 0.6 is 0 Å². The van der Waals surface area contributed by atoms with Crippen molar-refractivity contribution in [3.05, 3.63) is 41.6 Å². The van der Waals surface area contributed by atoms with Gasteiger partial charge in [0.1, 0.15) is 5.82 Å². The Morgan fingerprint density at radius 3 is 2.45 bits per heavy atom. The average Bonchev–Trinajstić information content (AvgIpc) is 2.72. The number of aromatic nitrogens is 2. The summed E-state index contributed by atoms with van der Waals surface area (Å²) >= 11 is 0. The number of benzene rings is 1. The molecule has 0 unspecified atom stereocenters. The lowest BCUT2D eigenvalue weighted by Crippen LogP contribution is -2.43. The van der Waals surface area contributed by atoms with Crippen LogP contribution in [0.3, 0.4) is 0 Å². The lowest BCUT2D eigenvalue weighted by Gasteiger charge is -2.38. The molecule has 0 N–H and O–H groups in total. The zero-order chi connectivity index (χ0) is 19.8. The van der Waals surface area contributed by atoms with Gasteiger partial charge in [-0.2, -0.15) is 0 Å². The molecule has 2 aromatic rings. The number of nitrogens with zero attached hydrogens (tertiary/aromatic N) is 4. The minimum Gasteiger partial charge on any atom is -0.356 e. The highest BCUT2D eigenvalue weighted by atomic mass is 16.2. The van der Waals surface area contributed by atoms with Gasteiger partial charge in [-0.25, -0.2) is 9.97 Å². The second-order valence-corrected chi connectivity index (χ2v) is 8.97. The first-order valence-corrected chi connectivity index (χ1v) is 11.2. The first-order valence-electron chi connectivity index (χ1n) is 11.2. The predicted octanol–water partition coefficient (Wildman–Crippen LogP) is 4.06. The van der Waals surface area contributed by atoms with Gasteiger partial charge in [-0.05, 0) is 31.6 Å². The first-order chi connectivity index (χ1) is 14.2. The second-order valence-electron chi connectivity index (χ2n) is 8.97. The SMILES string of the molecule is CC1CCN(c2nc(-c3ccccc3)nc3c2CN(C(=O)C2CCC2)CC3)CC1. The van der Waals surface area contributed by atoms with Crippen molar-refractivity contribution in [2.24, 2.45) is 11.8 Å². The molecule has 1 saturated carbocycles. The molecular weight excluding hydrogens is 360 g/mol. The van der Waals surface area contributed by atoms with Gasteiger partial charge >= 0.3 is 0 Å². The van der Waals surface area contributed by atoms with Crippen LogP contribution in [0.5, 0.6) is 0 Å². The number of carbonyl (C=O) groups excluding carboxylic acids is 1. The third-order valence-corrected chi connectivity index (χ3v) is 6.92. The zero-order valence-corrected chi connectivity index (χ0v) is 17.3. The molecule has 1 saturated heterocycles. The lowest BCUT2D eigenvalue weighted by atomic mass is 9.84. The van der Waals surface area contributed by atoms with E-state index in [4.69, 9.17) is 9.97 Å². The number of hydrogen-bond acceptors (Lipinski definition) is 4.